The molecule has 1 amide bonds. The highest BCUT2D eigenvalue weighted by atomic mass is 35.5. The van der Waals surface area contributed by atoms with Crippen LogP contribution in [-0.2, 0) is 14.3 Å². The number of rotatable bonds is 7. The lowest BCUT2D eigenvalue weighted by atomic mass is 10.1. The van der Waals surface area contributed by atoms with Crippen molar-refractivity contribution < 1.29 is 28.2 Å². The van der Waals surface area contributed by atoms with Crippen molar-refractivity contribution in [3.63, 3.8) is 0 Å². The molecular weight excluding hydrogens is 414 g/mol. The van der Waals surface area contributed by atoms with Gasteiger partial charge in [-0.15, -0.1) is 0 Å². The summed E-state index contributed by atoms with van der Waals surface area (Å²) in [6.45, 7) is 4.43. The zero-order valence-corrected chi connectivity index (χ0v) is 17.0. The molecule has 1 aliphatic rings. The molecule has 0 spiro atoms. The van der Waals surface area contributed by atoms with Gasteiger partial charge in [0.05, 0.1) is 35.0 Å². The van der Waals surface area contributed by atoms with E-state index in [0.29, 0.717) is 19.5 Å². The maximum absolute atomic E-state index is 14.7. The number of nitrogens with one attached hydrogen (secondary N) is 1. The van der Waals surface area contributed by atoms with Crippen molar-refractivity contribution in [2.75, 3.05) is 31.2 Å². The molecule has 28 heavy (non-hydrogen) atoms. The van der Waals surface area contributed by atoms with Gasteiger partial charge in [-0.3, -0.25) is 9.59 Å². The van der Waals surface area contributed by atoms with E-state index in [2.05, 4.69) is 5.32 Å². The first-order chi connectivity index (χ1) is 13.3. The molecule has 1 aromatic carbocycles. The van der Waals surface area contributed by atoms with Crippen molar-refractivity contribution in [3.05, 3.63) is 27.5 Å². The number of alkyl carbamates (subject to hydrolysis) is 1. The maximum atomic E-state index is 14.7. The molecule has 2 rings (SSSR count). The number of esters is 1. The van der Waals surface area contributed by atoms with Crippen LogP contribution in [0.1, 0.15) is 37.0 Å². The molecule has 1 aromatic rings. The van der Waals surface area contributed by atoms with E-state index in [1.807, 2.05) is 0 Å². The normalized spacial score (nSPS) is 16.0. The summed E-state index contributed by atoms with van der Waals surface area (Å²) in [5.74, 6) is -2.14. The molecule has 1 N–H and O–H groups in total. The van der Waals surface area contributed by atoms with Crippen molar-refractivity contribution in [1.29, 1.82) is 0 Å². The molecule has 1 heterocycles. The fourth-order valence-corrected chi connectivity index (χ4v) is 3.50. The second kappa shape index (κ2) is 9.93. The number of anilines is 1. The molecule has 1 aliphatic heterocycles. The number of carbonyl (C=O) groups excluding carboxylic acids is 3. The van der Waals surface area contributed by atoms with Crippen LogP contribution in [0.25, 0.3) is 0 Å². The smallest absolute Gasteiger partial charge is 0.407 e. The summed E-state index contributed by atoms with van der Waals surface area (Å²) in [6, 6.07) is 0.732. The van der Waals surface area contributed by atoms with Crippen LogP contribution >= 0.6 is 23.2 Å². The predicted octanol–water partition coefficient (Wildman–Crippen LogP) is 3.59. The molecule has 10 heteroatoms. The number of carbonyl (C=O) groups is 3. The number of hydrogen-bond donors (Lipinski definition) is 1. The number of hydrogen-bond acceptors (Lipinski definition) is 6. The minimum atomic E-state index is -0.738. The van der Waals surface area contributed by atoms with Crippen LogP contribution in [0, 0.1) is 5.82 Å². The van der Waals surface area contributed by atoms with Crippen LogP contribution in [0.4, 0.5) is 14.9 Å². The van der Waals surface area contributed by atoms with E-state index < -0.39 is 30.1 Å². The van der Waals surface area contributed by atoms with Gasteiger partial charge in [0, 0.05) is 18.7 Å². The molecule has 154 valence electrons. The van der Waals surface area contributed by atoms with Crippen LogP contribution < -0.4 is 10.2 Å². The Bertz CT molecular complexity index is 775. The average Bonchev–Trinajstić information content (AvgIpc) is 3.06. The number of ether oxygens (including phenoxy) is 2. The van der Waals surface area contributed by atoms with Gasteiger partial charge in [0.1, 0.15) is 12.2 Å². The molecule has 0 radical (unpaired) electrons. The Kier molecular flexibility index (Phi) is 7.88. The fourth-order valence-electron chi connectivity index (χ4n) is 2.94. The average molecular weight is 435 g/mol. The van der Waals surface area contributed by atoms with Crippen LogP contribution in [0.3, 0.4) is 0 Å². The number of Topliss-reactive ketones (excluding diaryl/α,β-unsaturated/α-hetero) is 1. The predicted molar refractivity (Wildman–Crippen MR) is 103 cm³/mol. The Morgan fingerprint density at radius 3 is 2.54 bits per heavy atom. The molecule has 0 aliphatic carbocycles. The third-order valence-electron chi connectivity index (χ3n) is 4.15. The van der Waals surface area contributed by atoms with Gasteiger partial charge in [-0.05, 0) is 26.3 Å². The third-order valence-corrected chi connectivity index (χ3v) is 5.00. The summed E-state index contributed by atoms with van der Waals surface area (Å²) < 4.78 is 24.3. The van der Waals surface area contributed by atoms with Gasteiger partial charge in [-0.1, -0.05) is 23.2 Å². The molecule has 1 saturated heterocycles. The van der Waals surface area contributed by atoms with Crippen LogP contribution in [0.15, 0.2) is 6.07 Å². The second-order valence-electron chi connectivity index (χ2n) is 6.08. The SMILES string of the molecule is CCOC(=O)CC(=O)c1cc(F)c(N2CCC(NC(=O)OCC)C2)c(Cl)c1Cl. The van der Waals surface area contributed by atoms with Gasteiger partial charge in [-0.25, -0.2) is 9.18 Å². The lowest BCUT2D eigenvalue weighted by Gasteiger charge is -2.22. The van der Waals surface area contributed by atoms with Crippen molar-refractivity contribution in [1.82, 2.24) is 5.32 Å². The third kappa shape index (κ3) is 5.26. The first-order valence-corrected chi connectivity index (χ1v) is 9.58. The number of benzene rings is 1. The zero-order valence-electron chi connectivity index (χ0n) is 15.5. The summed E-state index contributed by atoms with van der Waals surface area (Å²) in [6.07, 6.45) is -0.535. The Hall–Kier alpha value is -2.06. The first kappa shape index (κ1) is 22.2. The topological polar surface area (TPSA) is 84.9 Å². The highest BCUT2D eigenvalue weighted by molar-refractivity contribution is 6.45. The zero-order chi connectivity index (χ0) is 20.8. The van der Waals surface area contributed by atoms with Crippen LogP contribution in [0.2, 0.25) is 10.0 Å². The second-order valence-corrected chi connectivity index (χ2v) is 6.84. The number of amides is 1. The van der Waals surface area contributed by atoms with E-state index in [-0.39, 0.29) is 40.6 Å². The lowest BCUT2D eigenvalue weighted by molar-refractivity contribution is -0.141. The maximum Gasteiger partial charge on any atom is 0.407 e. The Balaban J connectivity index is 2.17. The van der Waals surface area contributed by atoms with Gasteiger partial charge < -0.3 is 19.7 Å². The summed E-state index contributed by atoms with van der Waals surface area (Å²) in [4.78, 5) is 36.9. The lowest BCUT2D eigenvalue weighted by Crippen LogP contribution is -2.37. The number of ketones is 1. The minimum absolute atomic E-state index is 0.0486. The van der Waals surface area contributed by atoms with Gasteiger partial charge >= 0.3 is 12.1 Å². The fraction of sp³-hybridized carbons (Fsp3) is 0.500. The monoisotopic (exact) mass is 434 g/mol. The number of nitrogens with zero attached hydrogens (tertiary/aromatic N) is 1. The van der Waals surface area contributed by atoms with Crippen LogP contribution in [0.5, 0.6) is 0 Å². The van der Waals surface area contributed by atoms with E-state index in [9.17, 15) is 18.8 Å². The minimum Gasteiger partial charge on any atom is -0.466 e. The van der Waals surface area contributed by atoms with E-state index >= 15 is 0 Å². The summed E-state index contributed by atoms with van der Waals surface area (Å²) >= 11 is 12.4. The van der Waals surface area contributed by atoms with Crippen molar-refractivity contribution in [3.8, 4) is 0 Å². The Morgan fingerprint density at radius 2 is 1.89 bits per heavy atom. The standard InChI is InChI=1S/C18H21Cl2FN2O5/c1-3-27-14(25)8-13(24)11-7-12(21)17(16(20)15(11)19)23-6-5-10(9-23)22-18(26)28-4-2/h7,10H,3-6,8-9H2,1-2H3,(H,22,26). The summed E-state index contributed by atoms with van der Waals surface area (Å²) in [5, 5.41) is 2.44. The summed E-state index contributed by atoms with van der Waals surface area (Å²) in [5.41, 5.74) is -0.131. The van der Waals surface area contributed by atoms with Crippen molar-refractivity contribution >= 4 is 46.7 Å². The molecule has 0 bridgehead atoms. The molecular formula is C18H21Cl2FN2O5. The van der Waals surface area contributed by atoms with Crippen molar-refractivity contribution in [2.45, 2.75) is 32.7 Å². The van der Waals surface area contributed by atoms with E-state index in [0.717, 1.165) is 6.07 Å². The largest absolute Gasteiger partial charge is 0.466 e. The van der Waals surface area contributed by atoms with E-state index in [4.69, 9.17) is 32.7 Å². The Morgan fingerprint density at radius 1 is 1.21 bits per heavy atom. The van der Waals surface area contributed by atoms with Gasteiger partial charge in [0.2, 0.25) is 0 Å². The van der Waals surface area contributed by atoms with Gasteiger partial charge in [-0.2, -0.15) is 0 Å². The van der Waals surface area contributed by atoms with E-state index in [1.54, 1.807) is 18.7 Å². The number of halogens is 3. The first-order valence-electron chi connectivity index (χ1n) is 8.82. The molecule has 1 atom stereocenters. The van der Waals surface area contributed by atoms with Gasteiger partial charge in [0.25, 0.3) is 0 Å². The highest BCUT2D eigenvalue weighted by Gasteiger charge is 2.30. The molecule has 0 saturated carbocycles. The van der Waals surface area contributed by atoms with Gasteiger partial charge in [0.15, 0.2) is 5.78 Å². The quantitative estimate of drug-likeness (QED) is 0.305. The molecule has 1 unspecified atom stereocenters. The summed E-state index contributed by atoms with van der Waals surface area (Å²) in [7, 11) is 0. The van der Waals surface area contributed by atoms with E-state index in [1.165, 1.54) is 0 Å². The van der Waals surface area contributed by atoms with Crippen LogP contribution in [-0.4, -0.2) is 50.2 Å². The van der Waals surface area contributed by atoms with Crippen molar-refractivity contribution in [2.24, 2.45) is 0 Å². The molecule has 1 fully saturated rings. The highest BCUT2D eigenvalue weighted by Crippen LogP contribution is 2.39. The molecule has 0 aromatic heterocycles. The molecule has 7 nitrogen and oxygen atoms in total. The Labute approximate surface area is 172 Å².